The van der Waals surface area contributed by atoms with Gasteiger partial charge in [-0.25, -0.2) is 13.6 Å². The molecule has 0 aliphatic rings. The zero-order valence-corrected chi connectivity index (χ0v) is 12.1. The average Bonchev–Trinajstić information content (AvgIpc) is 2.47. The van der Waals surface area contributed by atoms with Gasteiger partial charge in [0.15, 0.2) is 0 Å². The summed E-state index contributed by atoms with van der Waals surface area (Å²) in [7, 11) is 0. The fourth-order valence-electron chi connectivity index (χ4n) is 1.94. The Morgan fingerprint density at radius 3 is 2.48 bits per heavy atom. The van der Waals surface area contributed by atoms with Crippen molar-refractivity contribution < 1.29 is 23.8 Å². The van der Waals surface area contributed by atoms with Crippen LogP contribution in [-0.2, 0) is 0 Å². The number of hydrogen-bond acceptors (Lipinski definition) is 2. The molecule has 0 radical (unpaired) electrons. The summed E-state index contributed by atoms with van der Waals surface area (Å²) in [4.78, 5) is 10.8. The maximum atomic E-state index is 13.9. The van der Waals surface area contributed by atoms with Gasteiger partial charge in [0.2, 0.25) is 0 Å². The number of halogens is 2. The van der Waals surface area contributed by atoms with E-state index in [2.05, 4.69) is 11.8 Å². The number of aromatic hydroxyl groups is 1. The van der Waals surface area contributed by atoms with Crippen molar-refractivity contribution in [1.29, 1.82) is 0 Å². The van der Waals surface area contributed by atoms with Crippen molar-refractivity contribution in [3.8, 4) is 17.6 Å². The van der Waals surface area contributed by atoms with Crippen molar-refractivity contribution in [2.24, 2.45) is 0 Å². The van der Waals surface area contributed by atoms with Crippen LogP contribution in [0.2, 0.25) is 0 Å². The summed E-state index contributed by atoms with van der Waals surface area (Å²) in [6.07, 6.45) is 3.22. The first-order valence-electron chi connectivity index (χ1n) is 6.62. The van der Waals surface area contributed by atoms with Gasteiger partial charge in [0, 0.05) is 6.07 Å². The van der Waals surface area contributed by atoms with Crippen LogP contribution in [0.5, 0.6) is 5.75 Å². The van der Waals surface area contributed by atoms with E-state index in [1.807, 2.05) is 0 Å². The molecule has 0 heterocycles. The Balaban J connectivity index is 2.49. The van der Waals surface area contributed by atoms with E-state index in [9.17, 15) is 18.7 Å². The summed E-state index contributed by atoms with van der Waals surface area (Å²) >= 11 is 0. The number of carboxylic acid groups (broad SMARTS) is 1. The summed E-state index contributed by atoms with van der Waals surface area (Å²) in [5, 5.41) is 18.2. The summed E-state index contributed by atoms with van der Waals surface area (Å²) in [5.74, 6) is 1.99. The molecule has 0 unspecified atom stereocenters. The summed E-state index contributed by atoms with van der Waals surface area (Å²) in [5.41, 5.74) is 0.134. The Hall–Kier alpha value is -3.13. The molecule has 0 aliphatic carbocycles. The zero-order chi connectivity index (χ0) is 17.0. The minimum Gasteiger partial charge on any atom is -0.508 e. The second kappa shape index (κ2) is 6.75. The number of phenolic OH excluding ortho intramolecular Hbond substituents is 1. The van der Waals surface area contributed by atoms with Gasteiger partial charge in [-0.1, -0.05) is 24.0 Å². The quantitative estimate of drug-likeness (QED) is 0.829. The first-order valence-corrected chi connectivity index (χ1v) is 6.62. The molecule has 23 heavy (non-hydrogen) atoms. The van der Waals surface area contributed by atoms with Crippen LogP contribution in [0, 0.1) is 23.5 Å². The molecule has 3 nitrogen and oxygen atoms in total. The molecule has 0 saturated carbocycles. The van der Waals surface area contributed by atoms with Gasteiger partial charge in [0.25, 0.3) is 0 Å². The van der Waals surface area contributed by atoms with E-state index in [0.717, 1.165) is 12.1 Å². The van der Waals surface area contributed by atoms with Gasteiger partial charge >= 0.3 is 5.97 Å². The minimum absolute atomic E-state index is 0.0163. The zero-order valence-electron chi connectivity index (χ0n) is 12.1. The lowest BCUT2D eigenvalue weighted by Crippen LogP contribution is -1.98. The van der Waals surface area contributed by atoms with E-state index in [1.54, 1.807) is 19.1 Å². The average molecular weight is 314 g/mol. The van der Waals surface area contributed by atoms with Crippen molar-refractivity contribution in [2.75, 3.05) is 0 Å². The van der Waals surface area contributed by atoms with E-state index in [1.165, 1.54) is 18.2 Å². The summed E-state index contributed by atoms with van der Waals surface area (Å²) in [6, 6.07) is 5.55. The molecule has 0 fully saturated rings. The molecule has 116 valence electrons. The number of hydrogen-bond donors (Lipinski definition) is 2. The van der Waals surface area contributed by atoms with Gasteiger partial charge in [-0.3, -0.25) is 0 Å². The highest BCUT2D eigenvalue weighted by atomic mass is 19.1. The maximum absolute atomic E-state index is 13.9. The number of carbonyl (C=O) groups is 1. The number of phenols is 1. The Kier molecular flexibility index (Phi) is 4.77. The smallest absolute Gasteiger partial charge is 0.335 e. The molecular weight excluding hydrogens is 302 g/mol. The van der Waals surface area contributed by atoms with Crippen molar-refractivity contribution in [3.05, 3.63) is 70.3 Å². The third-order valence-electron chi connectivity index (χ3n) is 2.99. The fourth-order valence-corrected chi connectivity index (χ4v) is 1.94. The molecule has 2 rings (SSSR count). The van der Waals surface area contributed by atoms with Gasteiger partial charge < -0.3 is 10.2 Å². The van der Waals surface area contributed by atoms with Gasteiger partial charge in [0.05, 0.1) is 16.7 Å². The number of carboxylic acids is 1. The SMILES string of the molecule is C/C=C/c1cc(O)cc(F)c1C#Cc1ccc(C(=O)O)cc1F. The molecule has 5 heteroatoms. The van der Waals surface area contributed by atoms with Gasteiger partial charge in [-0.05, 0) is 36.8 Å². The largest absolute Gasteiger partial charge is 0.508 e. The molecule has 0 aliphatic heterocycles. The molecule has 2 aromatic rings. The highest BCUT2D eigenvalue weighted by Gasteiger charge is 2.09. The molecule has 2 aromatic carbocycles. The summed E-state index contributed by atoms with van der Waals surface area (Å²) in [6.45, 7) is 1.73. The van der Waals surface area contributed by atoms with Crippen LogP contribution in [0.15, 0.2) is 36.4 Å². The Morgan fingerprint density at radius 1 is 1.13 bits per heavy atom. The van der Waals surface area contributed by atoms with E-state index < -0.39 is 17.6 Å². The highest BCUT2D eigenvalue weighted by molar-refractivity contribution is 5.87. The molecule has 0 bridgehead atoms. The monoisotopic (exact) mass is 314 g/mol. The maximum Gasteiger partial charge on any atom is 0.335 e. The van der Waals surface area contributed by atoms with Gasteiger partial charge in [-0.15, -0.1) is 0 Å². The van der Waals surface area contributed by atoms with Crippen molar-refractivity contribution >= 4 is 12.0 Å². The van der Waals surface area contributed by atoms with Crippen molar-refractivity contribution in [2.45, 2.75) is 6.92 Å². The number of benzene rings is 2. The van der Waals surface area contributed by atoms with Gasteiger partial charge in [-0.2, -0.15) is 0 Å². The van der Waals surface area contributed by atoms with E-state index in [-0.39, 0.29) is 22.4 Å². The topological polar surface area (TPSA) is 57.5 Å². The van der Waals surface area contributed by atoms with Crippen LogP contribution in [-0.4, -0.2) is 16.2 Å². The van der Waals surface area contributed by atoms with Crippen LogP contribution in [0.25, 0.3) is 6.08 Å². The lowest BCUT2D eigenvalue weighted by atomic mass is 10.0. The molecule has 0 atom stereocenters. The first kappa shape index (κ1) is 16.2. The second-order valence-corrected chi connectivity index (χ2v) is 4.64. The highest BCUT2D eigenvalue weighted by Crippen LogP contribution is 2.21. The lowest BCUT2D eigenvalue weighted by molar-refractivity contribution is 0.0696. The summed E-state index contributed by atoms with van der Waals surface area (Å²) < 4.78 is 27.8. The van der Waals surface area contributed by atoms with Crippen LogP contribution in [0.1, 0.15) is 34.0 Å². The molecule has 0 spiro atoms. The second-order valence-electron chi connectivity index (χ2n) is 4.64. The Morgan fingerprint density at radius 2 is 1.87 bits per heavy atom. The van der Waals surface area contributed by atoms with Crippen LogP contribution in [0.3, 0.4) is 0 Å². The predicted molar refractivity (Wildman–Crippen MR) is 82.1 cm³/mol. The standard InChI is InChI=1S/C18H12F2O3/c1-2-3-12-8-14(21)10-17(20)15(12)7-6-11-4-5-13(18(22)23)9-16(11)19/h2-5,8-10,21H,1H3,(H,22,23)/b3-2+. The lowest BCUT2D eigenvalue weighted by Gasteiger charge is -2.02. The number of aromatic carboxylic acids is 1. The normalized spacial score (nSPS) is 10.4. The van der Waals surface area contributed by atoms with Crippen LogP contribution in [0.4, 0.5) is 8.78 Å². The van der Waals surface area contributed by atoms with Crippen molar-refractivity contribution in [3.63, 3.8) is 0 Å². The molecular formula is C18H12F2O3. The number of rotatable bonds is 2. The van der Waals surface area contributed by atoms with Crippen LogP contribution >= 0.6 is 0 Å². The Labute approximate surface area is 131 Å². The number of allylic oxidation sites excluding steroid dienone is 1. The van der Waals surface area contributed by atoms with E-state index in [0.29, 0.717) is 5.56 Å². The van der Waals surface area contributed by atoms with E-state index >= 15 is 0 Å². The third-order valence-corrected chi connectivity index (χ3v) is 2.99. The minimum atomic E-state index is -1.25. The first-order chi connectivity index (χ1) is 10.9. The van der Waals surface area contributed by atoms with Crippen molar-refractivity contribution in [1.82, 2.24) is 0 Å². The molecule has 2 N–H and O–H groups in total. The molecule has 0 amide bonds. The predicted octanol–water partition coefficient (Wildman–Crippen LogP) is 3.80. The van der Waals surface area contributed by atoms with Crippen LogP contribution < -0.4 is 0 Å². The molecule has 0 aromatic heterocycles. The Bertz CT molecular complexity index is 859. The van der Waals surface area contributed by atoms with Gasteiger partial charge in [0.1, 0.15) is 17.4 Å². The third kappa shape index (κ3) is 3.74. The van der Waals surface area contributed by atoms with E-state index in [4.69, 9.17) is 5.11 Å². The fraction of sp³-hybridized carbons (Fsp3) is 0.0556. The molecule has 0 saturated heterocycles.